The molecule has 0 aliphatic rings. The van der Waals surface area contributed by atoms with Crippen LogP contribution in [-0.4, -0.2) is 10.8 Å². The first-order chi connectivity index (χ1) is 8.09. The fourth-order valence-electron chi connectivity index (χ4n) is 1.57. The van der Waals surface area contributed by atoms with Gasteiger partial charge in [-0.25, -0.2) is 4.39 Å². The number of carbonyl (C=O) groups excluding carboxylic acids is 1. The molecule has 0 atom stereocenters. The van der Waals surface area contributed by atoms with Gasteiger partial charge in [-0.1, -0.05) is 6.07 Å². The lowest BCUT2D eigenvalue weighted by Gasteiger charge is -2.05. The van der Waals surface area contributed by atoms with Crippen molar-refractivity contribution in [3.63, 3.8) is 0 Å². The van der Waals surface area contributed by atoms with Gasteiger partial charge in [0.05, 0.1) is 5.69 Å². The van der Waals surface area contributed by atoms with E-state index in [1.807, 2.05) is 6.92 Å². The third-order valence-electron chi connectivity index (χ3n) is 2.43. The summed E-state index contributed by atoms with van der Waals surface area (Å²) in [5.41, 5.74) is 6.85. The number of rotatable bonds is 2. The summed E-state index contributed by atoms with van der Waals surface area (Å²) in [7, 11) is 0. The molecule has 1 aromatic carbocycles. The molecule has 0 fully saturated rings. The molecule has 0 spiro atoms. The number of para-hydroxylation sites is 1. The Balaban J connectivity index is 2.48. The second kappa shape index (κ2) is 4.33. The Bertz CT molecular complexity index is 581. The summed E-state index contributed by atoms with van der Waals surface area (Å²) < 4.78 is 13.2. The van der Waals surface area contributed by atoms with Crippen molar-refractivity contribution in [3.8, 4) is 0 Å². The molecule has 0 unspecified atom stereocenters. The third-order valence-corrected chi connectivity index (χ3v) is 2.43. The minimum absolute atomic E-state index is 0.126. The number of benzene rings is 1. The van der Waals surface area contributed by atoms with Gasteiger partial charge in [0, 0.05) is 23.5 Å². The predicted molar refractivity (Wildman–Crippen MR) is 63.2 cm³/mol. The van der Waals surface area contributed by atoms with Crippen molar-refractivity contribution in [2.45, 2.75) is 6.92 Å². The van der Waals surface area contributed by atoms with Gasteiger partial charge in [-0.2, -0.15) is 0 Å². The summed E-state index contributed by atoms with van der Waals surface area (Å²) >= 11 is 0. The molecule has 0 bridgehead atoms. The van der Waals surface area contributed by atoms with E-state index in [0.29, 0.717) is 5.56 Å². The quantitative estimate of drug-likeness (QED) is 0.636. The molecule has 86 valence electrons. The summed E-state index contributed by atoms with van der Waals surface area (Å²) in [6.45, 7) is 1.83. The summed E-state index contributed by atoms with van der Waals surface area (Å²) in [5, 5.41) is 0. The first kappa shape index (κ1) is 11.3. The van der Waals surface area contributed by atoms with E-state index in [0.717, 1.165) is 5.56 Å². The van der Waals surface area contributed by atoms with Crippen LogP contribution in [-0.2, 0) is 0 Å². The lowest BCUT2D eigenvalue weighted by molar-refractivity contribution is 0.103. The maximum atomic E-state index is 13.2. The highest BCUT2D eigenvalue weighted by Gasteiger charge is 2.14. The Labute approximate surface area is 98.1 Å². The zero-order valence-corrected chi connectivity index (χ0v) is 9.27. The number of nitrogens with two attached hydrogens (primary N) is 1. The minimum atomic E-state index is -0.587. The summed E-state index contributed by atoms with van der Waals surface area (Å²) in [6.07, 6.45) is 3.09. The number of pyridine rings is 1. The molecular formula is C13H11FN2O. The predicted octanol–water partition coefficient (Wildman–Crippen LogP) is 2.34. The summed E-state index contributed by atoms with van der Waals surface area (Å²) in [4.78, 5) is 16.0. The summed E-state index contributed by atoms with van der Waals surface area (Å²) in [6, 6.07) is 5.88. The zero-order chi connectivity index (χ0) is 12.4. The first-order valence-electron chi connectivity index (χ1n) is 5.10. The van der Waals surface area contributed by atoms with Gasteiger partial charge >= 0.3 is 0 Å². The molecule has 0 amide bonds. The molecular weight excluding hydrogens is 219 g/mol. The molecule has 17 heavy (non-hydrogen) atoms. The first-order valence-corrected chi connectivity index (χ1v) is 5.10. The van der Waals surface area contributed by atoms with Crippen molar-refractivity contribution >= 4 is 11.5 Å². The topological polar surface area (TPSA) is 56.0 Å². The van der Waals surface area contributed by atoms with Crippen LogP contribution >= 0.6 is 0 Å². The largest absolute Gasteiger partial charge is 0.396 e. The van der Waals surface area contributed by atoms with Gasteiger partial charge in [0.25, 0.3) is 0 Å². The number of hydrogen-bond donors (Lipinski definition) is 1. The maximum absolute atomic E-state index is 13.2. The molecule has 2 N–H and O–H groups in total. The lowest BCUT2D eigenvalue weighted by atomic mass is 10.0. The number of nitrogens with zero attached hydrogens (tertiary/aromatic N) is 1. The Morgan fingerprint density at radius 2 is 2.12 bits per heavy atom. The Morgan fingerprint density at radius 3 is 2.82 bits per heavy atom. The van der Waals surface area contributed by atoms with Gasteiger partial charge in [-0.05, 0) is 30.7 Å². The molecule has 3 nitrogen and oxygen atoms in total. The number of carbonyl (C=O) groups is 1. The van der Waals surface area contributed by atoms with Gasteiger partial charge in [0.2, 0.25) is 0 Å². The molecule has 0 aliphatic carbocycles. The highest BCUT2D eigenvalue weighted by molar-refractivity contribution is 6.12. The fraction of sp³-hybridized carbons (Fsp3) is 0.0769. The van der Waals surface area contributed by atoms with Gasteiger partial charge < -0.3 is 5.73 Å². The van der Waals surface area contributed by atoms with Gasteiger partial charge in [-0.15, -0.1) is 0 Å². The van der Waals surface area contributed by atoms with E-state index in [1.165, 1.54) is 24.4 Å². The average molecular weight is 230 g/mol. The van der Waals surface area contributed by atoms with Crippen LogP contribution in [0.25, 0.3) is 0 Å². The van der Waals surface area contributed by atoms with E-state index in [2.05, 4.69) is 4.98 Å². The van der Waals surface area contributed by atoms with Gasteiger partial charge in [0.1, 0.15) is 5.82 Å². The van der Waals surface area contributed by atoms with Crippen molar-refractivity contribution < 1.29 is 9.18 Å². The zero-order valence-electron chi connectivity index (χ0n) is 9.27. The van der Waals surface area contributed by atoms with E-state index in [4.69, 9.17) is 5.73 Å². The van der Waals surface area contributed by atoms with Crippen molar-refractivity contribution in [3.05, 3.63) is 59.2 Å². The molecule has 0 saturated heterocycles. The normalized spacial score (nSPS) is 10.2. The van der Waals surface area contributed by atoms with Crippen molar-refractivity contribution in [2.75, 3.05) is 5.73 Å². The standard InChI is InChI=1S/C13H11FN2O/c1-8-5-9(7-16-6-8)13(17)10-3-2-4-11(14)12(10)15/h2-7H,15H2,1H3. The highest BCUT2D eigenvalue weighted by Crippen LogP contribution is 2.19. The third kappa shape index (κ3) is 2.15. The molecule has 1 heterocycles. The number of nitrogen functional groups attached to an aromatic ring is 1. The van der Waals surface area contributed by atoms with E-state index >= 15 is 0 Å². The number of halogens is 1. The molecule has 2 rings (SSSR count). The van der Waals surface area contributed by atoms with E-state index in [9.17, 15) is 9.18 Å². The lowest BCUT2D eigenvalue weighted by Crippen LogP contribution is -2.07. The minimum Gasteiger partial charge on any atom is -0.396 e. The molecule has 2 aromatic rings. The molecule has 0 radical (unpaired) electrons. The van der Waals surface area contributed by atoms with Gasteiger partial charge in [-0.3, -0.25) is 9.78 Å². The number of ketones is 1. The monoisotopic (exact) mass is 230 g/mol. The van der Waals surface area contributed by atoms with Crippen LogP contribution < -0.4 is 5.73 Å². The van der Waals surface area contributed by atoms with Gasteiger partial charge in [0.15, 0.2) is 5.78 Å². The second-order valence-electron chi connectivity index (χ2n) is 3.78. The number of hydrogen-bond acceptors (Lipinski definition) is 3. The molecule has 1 aromatic heterocycles. The van der Waals surface area contributed by atoms with Crippen LogP contribution in [0, 0.1) is 12.7 Å². The van der Waals surface area contributed by atoms with Crippen molar-refractivity contribution in [1.29, 1.82) is 0 Å². The van der Waals surface area contributed by atoms with Crippen LogP contribution in [0.15, 0.2) is 36.7 Å². The average Bonchev–Trinajstić information content (AvgIpc) is 2.32. The Kier molecular flexibility index (Phi) is 2.87. The number of aromatic nitrogens is 1. The SMILES string of the molecule is Cc1cncc(C(=O)c2cccc(F)c2N)c1. The van der Waals surface area contributed by atoms with E-state index < -0.39 is 5.82 Å². The fourth-order valence-corrected chi connectivity index (χ4v) is 1.57. The smallest absolute Gasteiger partial charge is 0.196 e. The summed E-state index contributed by atoms with van der Waals surface area (Å²) in [5.74, 6) is -0.908. The van der Waals surface area contributed by atoms with Crippen molar-refractivity contribution in [2.24, 2.45) is 0 Å². The maximum Gasteiger partial charge on any atom is 0.196 e. The van der Waals surface area contributed by atoms with E-state index in [-0.39, 0.29) is 17.0 Å². The Morgan fingerprint density at radius 1 is 1.35 bits per heavy atom. The van der Waals surface area contributed by atoms with Crippen LogP contribution in [0.3, 0.4) is 0 Å². The second-order valence-corrected chi connectivity index (χ2v) is 3.78. The molecule has 0 saturated carbocycles. The van der Waals surface area contributed by atoms with Crippen LogP contribution in [0.2, 0.25) is 0 Å². The number of aryl methyl sites for hydroxylation is 1. The van der Waals surface area contributed by atoms with E-state index in [1.54, 1.807) is 12.3 Å². The highest BCUT2D eigenvalue weighted by atomic mass is 19.1. The molecule has 4 heteroatoms. The number of anilines is 1. The van der Waals surface area contributed by atoms with Crippen LogP contribution in [0.1, 0.15) is 21.5 Å². The van der Waals surface area contributed by atoms with Crippen LogP contribution in [0.4, 0.5) is 10.1 Å². The Hall–Kier alpha value is -2.23. The molecule has 0 aliphatic heterocycles. The van der Waals surface area contributed by atoms with Crippen molar-refractivity contribution in [1.82, 2.24) is 4.98 Å². The van der Waals surface area contributed by atoms with Crippen LogP contribution in [0.5, 0.6) is 0 Å².